The van der Waals surface area contributed by atoms with E-state index in [0.29, 0.717) is 17.1 Å². The highest BCUT2D eigenvalue weighted by Gasteiger charge is 2.13. The summed E-state index contributed by atoms with van der Waals surface area (Å²) in [7, 11) is 1.92. The predicted molar refractivity (Wildman–Crippen MR) is 116 cm³/mol. The Kier molecular flexibility index (Phi) is 5.54. The minimum absolute atomic E-state index is 0.0433. The maximum absolute atomic E-state index is 12.0. The number of hydrogen-bond donors (Lipinski definition) is 1. The van der Waals surface area contributed by atoms with Crippen molar-refractivity contribution in [1.82, 2.24) is 25.0 Å². The summed E-state index contributed by atoms with van der Waals surface area (Å²) in [6.07, 6.45) is 5.12. The molecular weight excluding hydrogens is 378 g/mol. The third kappa shape index (κ3) is 4.06. The average molecular weight is 401 g/mol. The molecule has 0 unspecified atom stereocenters. The van der Waals surface area contributed by atoms with E-state index in [1.165, 1.54) is 5.56 Å². The second-order valence-electron chi connectivity index (χ2n) is 7.35. The lowest BCUT2D eigenvalue weighted by molar-refractivity contribution is 0.433. The van der Waals surface area contributed by atoms with Gasteiger partial charge in [-0.05, 0) is 38.6 Å². The van der Waals surface area contributed by atoms with Crippen LogP contribution < -0.4 is 10.9 Å². The lowest BCUT2D eigenvalue weighted by Crippen LogP contribution is -2.20. The molecule has 30 heavy (non-hydrogen) atoms. The van der Waals surface area contributed by atoms with E-state index in [1.807, 2.05) is 39.1 Å². The van der Waals surface area contributed by atoms with Crippen molar-refractivity contribution in [1.29, 1.82) is 0 Å². The summed E-state index contributed by atoms with van der Waals surface area (Å²) >= 11 is 0. The highest BCUT2D eigenvalue weighted by molar-refractivity contribution is 5.67. The second kappa shape index (κ2) is 8.42. The maximum atomic E-state index is 12.0. The molecule has 1 aromatic carbocycles. The summed E-state index contributed by atoms with van der Waals surface area (Å²) in [5.74, 6) is 0.538. The first-order valence-corrected chi connectivity index (χ1v) is 9.81. The van der Waals surface area contributed by atoms with Gasteiger partial charge in [-0.15, -0.1) is 0 Å². The molecule has 0 aliphatic carbocycles. The van der Waals surface area contributed by atoms with Gasteiger partial charge < -0.3 is 14.4 Å². The van der Waals surface area contributed by atoms with Crippen LogP contribution in [0.15, 0.2) is 70.4 Å². The zero-order valence-corrected chi connectivity index (χ0v) is 17.2. The number of nitrogens with zero attached hydrogens (tertiary/aromatic N) is 4. The van der Waals surface area contributed by atoms with E-state index in [-0.39, 0.29) is 11.6 Å². The smallest absolute Gasteiger partial charge is 0.250 e. The van der Waals surface area contributed by atoms with Crippen LogP contribution in [0.1, 0.15) is 25.5 Å². The number of pyridine rings is 1. The van der Waals surface area contributed by atoms with Gasteiger partial charge in [-0.2, -0.15) is 0 Å². The van der Waals surface area contributed by atoms with Crippen molar-refractivity contribution in [3.63, 3.8) is 0 Å². The second-order valence-corrected chi connectivity index (χ2v) is 7.35. The molecule has 3 aromatic heterocycles. The van der Waals surface area contributed by atoms with Crippen molar-refractivity contribution in [2.24, 2.45) is 0 Å². The van der Waals surface area contributed by atoms with Gasteiger partial charge in [0.2, 0.25) is 0 Å². The number of hydrogen-bond acceptors (Lipinski definition) is 6. The molecule has 0 radical (unpaired) electrons. The van der Waals surface area contributed by atoms with E-state index in [2.05, 4.69) is 32.6 Å². The van der Waals surface area contributed by atoms with Crippen LogP contribution in [-0.4, -0.2) is 26.7 Å². The van der Waals surface area contributed by atoms with Crippen molar-refractivity contribution in [2.75, 3.05) is 7.05 Å². The Labute approximate surface area is 174 Å². The quantitative estimate of drug-likeness (QED) is 0.527. The standard InChI is InChI=1S/C23H23N5O2/c1-15(2)28-14-18(7-8-23(28)29)20-12-25-13-21(26-20)22-10-19(27-30-22)17-6-4-5-16(9-17)11-24-3/h4-10,12-15,24H,11H2,1-3H3. The molecule has 4 rings (SSSR count). The van der Waals surface area contributed by atoms with Crippen molar-refractivity contribution >= 4 is 0 Å². The van der Waals surface area contributed by atoms with Gasteiger partial charge in [-0.3, -0.25) is 9.78 Å². The van der Waals surface area contributed by atoms with Gasteiger partial charge in [-0.25, -0.2) is 4.98 Å². The summed E-state index contributed by atoms with van der Waals surface area (Å²) in [6, 6.07) is 13.4. The summed E-state index contributed by atoms with van der Waals surface area (Å²) in [4.78, 5) is 21.0. The van der Waals surface area contributed by atoms with E-state index >= 15 is 0 Å². The van der Waals surface area contributed by atoms with E-state index in [0.717, 1.165) is 23.4 Å². The zero-order chi connectivity index (χ0) is 21.1. The largest absolute Gasteiger partial charge is 0.354 e. The predicted octanol–water partition coefficient (Wildman–Crippen LogP) is 3.93. The monoisotopic (exact) mass is 401 g/mol. The minimum atomic E-state index is -0.0433. The molecule has 0 amide bonds. The van der Waals surface area contributed by atoms with Gasteiger partial charge in [-0.1, -0.05) is 23.4 Å². The van der Waals surface area contributed by atoms with Gasteiger partial charge in [0.25, 0.3) is 5.56 Å². The SMILES string of the molecule is CNCc1cccc(-c2cc(-c3cncc(-c4ccc(=O)n(C(C)C)c4)n3)on2)c1. The van der Waals surface area contributed by atoms with E-state index in [9.17, 15) is 4.79 Å². The fourth-order valence-corrected chi connectivity index (χ4v) is 3.26. The molecule has 152 valence electrons. The first-order chi connectivity index (χ1) is 14.5. The molecule has 0 saturated carbocycles. The van der Waals surface area contributed by atoms with E-state index in [4.69, 9.17) is 4.52 Å². The molecule has 0 spiro atoms. The highest BCUT2D eigenvalue weighted by atomic mass is 16.5. The van der Waals surface area contributed by atoms with Gasteiger partial charge >= 0.3 is 0 Å². The fourth-order valence-electron chi connectivity index (χ4n) is 3.26. The third-order valence-corrected chi connectivity index (χ3v) is 4.79. The van der Waals surface area contributed by atoms with Crippen molar-refractivity contribution in [3.05, 3.63) is 77.0 Å². The summed E-state index contributed by atoms with van der Waals surface area (Å²) in [5.41, 5.74) is 4.90. The van der Waals surface area contributed by atoms with Gasteiger partial charge in [0.15, 0.2) is 5.76 Å². The molecular formula is C23H23N5O2. The van der Waals surface area contributed by atoms with E-state index in [1.54, 1.807) is 35.3 Å². The average Bonchev–Trinajstić information content (AvgIpc) is 3.25. The molecule has 0 bridgehead atoms. The molecule has 0 atom stereocenters. The van der Waals surface area contributed by atoms with Gasteiger partial charge in [0.1, 0.15) is 11.4 Å². The minimum Gasteiger partial charge on any atom is -0.354 e. The first kappa shape index (κ1) is 19.7. The van der Waals surface area contributed by atoms with Crippen LogP contribution in [0, 0.1) is 0 Å². The van der Waals surface area contributed by atoms with Crippen LogP contribution >= 0.6 is 0 Å². The lowest BCUT2D eigenvalue weighted by atomic mass is 10.1. The zero-order valence-electron chi connectivity index (χ0n) is 17.2. The summed E-state index contributed by atoms with van der Waals surface area (Å²) < 4.78 is 7.23. The third-order valence-electron chi connectivity index (χ3n) is 4.79. The van der Waals surface area contributed by atoms with Gasteiger partial charge in [0.05, 0.1) is 18.1 Å². The van der Waals surface area contributed by atoms with Crippen LogP contribution in [-0.2, 0) is 6.54 Å². The molecule has 3 heterocycles. The van der Waals surface area contributed by atoms with E-state index < -0.39 is 0 Å². The van der Waals surface area contributed by atoms with Crippen LogP contribution in [0.4, 0.5) is 0 Å². The Morgan fingerprint density at radius 2 is 1.87 bits per heavy atom. The number of nitrogens with one attached hydrogen (secondary N) is 1. The Morgan fingerprint density at radius 1 is 1.03 bits per heavy atom. The van der Waals surface area contributed by atoms with Gasteiger partial charge in [0, 0.05) is 42.0 Å². The summed E-state index contributed by atoms with van der Waals surface area (Å²) in [6.45, 7) is 4.72. The maximum Gasteiger partial charge on any atom is 0.250 e. The van der Waals surface area contributed by atoms with Crippen LogP contribution in [0.25, 0.3) is 34.0 Å². The first-order valence-electron chi connectivity index (χ1n) is 9.81. The molecule has 0 aliphatic heterocycles. The van der Waals surface area contributed by atoms with Crippen molar-refractivity contribution in [2.45, 2.75) is 26.4 Å². The topological polar surface area (TPSA) is 85.8 Å². The number of benzene rings is 1. The molecule has 7 nitrogen and oxygen atoms in total. The number of rotatable bonds is 6. The fraction of sp³-hybridized carbons (Fsp3) is 0.217. The molecule has 1 N–H and O–H groups in total. The lowest BCUT2D eigenvalue weighted by Gasteiger charge is -2.11. The van der Waals surface area contributed by atoms with Crippen molar-refractivity contribution < 1.29 is 4.52 Å². The molecule has 0 fully saturated rings. The Balaban J connectivity index is 1.67. The normalized spacial score (nSPS) is 11.2. The molecule has 0 aliphatic rings. The Hall–Kier alpha value is -3.58. The molecule has 7 heteroatoms. The molecule has 4 aromatic rings. The van der Waals surface area contributed by atoms with Crippen LogP contribution in [0.3, 0.4) is 0 Å². The Morgan fingerprint density at radius 3 is 2.67 bits per heavy atom. The van der Waals surface area contributed by atoms with Crippen molar-refractivity contribution in [3.8, 4) is 34.0 Å². The molecule has 0 saturated heterocycles. The summed E-state index contributed by atoms with van der Waals surface area (Å²) in [5, 5.41) is 7.35. The van der Waals surface area contributed by atoms with Crippen LogP contribution in [0.2, 0.25) is 0 Å². The number of aromatic nitrogens is 4. The highest BCUT2D eigenvalue weighted by Crippen LogP contribution is 2.26. The van der Waals surface area contributed by atoms with Crippen LogP contribution in [0.5, 0.6) is 0 Å². The Bertz CT molecular complexity index is 1230.